The van der Waals surface area contributed by atoms with Crippen molar-refractivity contribution in [2.75, 3.05) is 13.6 Å². The van der Waals surface area contributed by atoms with Gasteiger partial charge in [-0.3, -0.25) is 0 Å². The molecule has 1 heterocycles. The second-order valence-electron chi connectivity index (χ2n) is 8.67. The molecule has 0 bridgehead atoms. The molecule has 0 radical (unpaired) electrons. The minimum Gasteiger partial charge on any atom is -0.444 e. The number of hydrogen-bond acceptors (Lipinski definition) is 7. The number of hydrogen-bond donors (Lipinski definition) is 1. The molecule has 1 amide bonds. The highest BCUT2D eigenvalue weighted by molar-refractivity contribution is 7.09. The molecule has 0 aliphatic rings. The Balaban J connectivity index is 1.61. The van der Waals surface area contributed by atoms with E-state index in [0.29, 0.717) is 16.9 Å². The van der Waals surface area contributed by atoms with Crippen LogP contribution < -0.4 is 4.74 Å². The van der Waals surface area contributed by atoms with Crippen LogP contribution in [-0.2, 0) is 4.74 Å². The molecule has 1 atom stereocenters. The summed E-state index contributed by atoms with van der Waals surface area (Å²) in [6, 6.07) is 13.7. The number of aryl methyl sites for hydroxylation is 1. The van der Waals surface area contributed by atoms with Crippen LogP contribution in [0, 0.1) is 6.92 Å². The standard InChI is InChI=1S/C25H28N2O5S/c1-16-26-21(15-33-16)18-7-6-8-19(13-18)23(29)31-20-11-9-17(10-12-20)22(28)14-27(5)24(30)32-25(2,3)4/h6-13,15,22,28H,14H2,1-5H3. The Kier molecular flexibility index (Phi) is 7.50. The summed E-state index contributed by atoms with van der Waals surface area (Å²) >= 11 is 1.55. The minimum absolute atomic E-state index is 0.0664. The van der Waals surface area contributed by atoms with E-state index in [-0.39, 0.29) is 6.54 Å². The van der Waals surface area contributed by atoms with E-state index in [2.05, 4.69) is 4.98 Å². The third kappa shape index (κ3) is 6.87. The van der Waals surface area contributed by atoms with Gasteiger partial charge in [-0.2, -0.15) is 0 Å². The van der Waals surface area contributed by atoms with Crippen LogP contribution in [0.4, 0.5) is 4.79 Å². The number of thiazole rings is 1. The number of aromatic nitrogens is 1. The zero-order valence-corrected chi connectivity index (χ0v) is 20.2. The average Bonchev–Trinajstić information content (AvgIpc) is 3.19. The van der Waals surface area contributed by atoms with Crippen molar-refractivity contribution in [3.05, 3.63) is 70.0 Å². The third-order valence-corrected chi connectivity index (χ3v) is 5.41. The Morgan fingerprint density at radius 1 is 1.15 bits per heavy atom. The van der Waals surface area contributed by atoms with Gasteiger partial charge in [-0.25, -0.2) is 14.6 Å². The maximum absolute atomic E-state index is 12.6. The topological polar surface area (TPSA) is 89.0 Å². The fourth-order valence-electron chi connectivity index (χ4n) is 3.00. The number of nitrogens with zero attached hydrogens (tertiary/aromatic N) is 2. The van der Waals surface area contributed by atoms with E-state index >= 15 is 0 Å². The average molecular weight is 469 g/mol. The van der Waals surface area contributed by atoms with Crippen molar-refractivity contribution in [1.82, 2.24) is 9.88 Å². The lowest BCUT2D eigenvalue weighted by molar-refractivity contribution is 0.0205. The summed E-state index contributed by atoms with van der Waals surface area (Å²) in [5.74, 6) is -0.131. The van der Waals surface area contributed by atoms with Gasteiger partial charge in [0.25, 0.3) is 0 Å². The van der Waals surface area contributed by atoms with Crippen molar-refractivity contribution in [3.63, 3.8) is 0 Å². The van der Waals surface area contributed by atoms with Crippen LogP contribution in [-0.4, -0.2) is 46.2 Å². The molecule has 7 nitrogen and oxygen atoms in total. The van der Waals surface area contributed by atoms with Gasteiger partial charge in [-0.05, 0) is 57.5 Å². The van der Waals surface area contributed by atoms with Crippen LogP contribution in [0.15, 0.2) is 53.9 Å². The van der Waals surface area contributed by atoms with Gasteiger partial charge in [0.1, 0.15) is 11.4 Å². The molecule has 1 N–H and O–H groups in total. The number of amides is 1. The van der Waals surface area contributed by atoms with E-state index in [1.165, 1.54) is 4.90 Å². The van der Waals surface area contributed by atoms with Gasteiger partial charge in [0.05, 0.1) is 28.9 Å². The molecule has 2 aromatic carbocycles. The van der Waals surface area contributed by atoms with Crippen LogP contribution in [0.3, 0.4) is 0 Å². The van der Waals surface area contributed by atoms with Crippen LogP contribution in [0.2, 0.25) is 0 Å². The predicted octanol–water partition coefficient (Wildman–Crippen LogP) is 5.24. The Morgan fingerprint density at radius 2 is 1.85 bits per heavy atom. The lowest BCUT2D eigenvalue weighted by Crippen LogP contribution is -2.36. The lowest BCUT2D eigenvalue weighted by Gasteiger charge is -2.26. The fraction of sp³-hybridized carbons (Fsp3) is 0.320. The molecule has 3 rings (SSSR count). The molecule has 0 aliphatic carbocycles. The number of likely N-dealkylation sites (N-methyl/N-ethyl adjacent to an activating group) is 1. The number of carbonyl (C=O) groups is 2. The molecule has 3 aromatic rings. The van der Waals surface area contributed by atoms with E-state index in [1.807, 2.05) is 18.4 Å². The monoisotopic (exact) mass is 468 g/mol. The highest BCUT2D eigenvalue weighted by Crippen LogP contribution is 2.24. The quantitative estimate of drug-likeness (QED) is 0.393. The largest absolute Gasteiger partial charge is 0.444 e. The van der Waals surface area contributed by atoms with Crippen LogP contribution in [0.1, 0.15) is 47.8 Å². The second-order valence-corrected chi connectivity index (χ2v) is 9.73. The highest BCUT2D eigenvalue weighted by Gasteiger charge is 2.22. The maximum Gasteiger partial charge on any atom is 0.410 e. The van der Waals surface area contributed by atoms with Crippen LogP contribution in [0.25, 0.3) is 11.3 Å². The summed E-state index contributed by atoms with van der Waals surface area (Å²) in [5.41, 5.74) is 2.07. The number of benzene rings is 2. The summed E-state index contributed by atoms with van der Waals surface area (Å²) < 4.78 is 10.8. The summed E-state index contributed by atoms with van der Waals surface area (Å²) in [6.45, 7) is 7.35. The highest BCUT2D eigenvalue weighted by atomic mass is 32.1. The molecule has 0 spiro atoms. The first-order valence-corrected chi connectivity index (χ1v) is 11.4. The zero-order chi connectivity index (χ0) is 24.2. The van der Waals surface area contributed by atoms with Crippen LogP contribution >= 0.6 is 11.3 Å². The normalized spacial score (nSPS) is 12.2. The van der Waals surface area contributed by atoms with Gasteiger partial charge in [-0.15, -0.1) is 11.3 Å². The van der Waals surface area contributed by atoms with E-state index in [1.54, 1.807) is 81.6 Å². The lowest BCUT2D eigenvalue weighted by atomic mass is 10.1. The summed E-state index contributed by atoms with van der Waals surface area (Å²) in [6.07, 6.45) is -1.42. The molecule has 0 fully saturated rings. The summed E-state index contributed by atoms with van der Waals surface area (Å²) in [7, 11) is 1.56. The first-order valence-electron chi connectivity index (χ1n) is 10.5. The van der Waals surface area contributed by atoms with E-state index in [4.69, 9.17) is 9.47 Å². The first-order chi connectivity index (χ1) is 15.5. The number of carbonyl (C=O) groups excluding carboxylic acids is 2. The smallest absolute Gasteiger partial charge is 0.410 e. The summed E-state index contributed by atoms with van der Waals surface area (Å²) in [5, 5.41) is 13.4. The molecule has 0 saturated carbocycles. The number of aliphatic hydroxyl groups excluding tert-OH is 1. The van der Waals surface area contributed by atoms with Gasteiger partial charge in [0.2, 0.25) is 0 Å². The Morgan fingerprint density at radius 3 is 2.45 bits per heavy atom. The number of rotatable bonds is 6. The molecule has 0 aliphatic heterocycles. The van der Waals surface area contributed by atoms with E-state index in [0.717, 1.165) is 16.3 Å². The third-order valence-electron chi connectivity index (χ3n) is 4.64. The SMILES string of the molecule is Cc1nc(-c2cccc(C(=O)Oc3ccc(C(O)CN(C)C(=O)OC(C)(C)C)cc3)c2)cs1. The van der Waals surface area contributed by atoms with Crippen molar-refractivity contribution in [2.45, 2.75) is 39.4 Å². The Hall–Kier alpha value is -3.23. The Labute approximate surface area is 197 Å². The van der Waals surface area contributed by atoms with E-state index in [9.17, 15) is 14.7 Å². The van der Waals surface area contributed by atoms with Gasteiger partial charge in [0, 0.05) is 18.0 Å². The number of ether oxygens (including phenoxy) is 2. The van der Waals surface area contributed by atoms with Crippen molar-refractivity contribution < 1.29 is 24.2 Å². The molecule has 8 heteroatoms. The summed E-state index contributed by atoms with van der Waals surface area (Å²) in [4.78, 5) is 30.5. The number of aliphatic hydroxyl groups is 1. The molecule has 1 unspecified atom stereocenters. The van der Waals surface area contributed by atoms with Gasteiger partial charge in [-0.1, -0.05) is 24.3 Å². The van der Waals surface area contributed by atoms with Crippen molar-refractivity contribution >= 4 is 23.4 Å². The molecule has 33 heavy (non-hydrogen) atoms. The molecule has 0 saturated heterocycles. The number of esters is 1. The van der Waals surface area contributed by atoms with Crippen LogP contribution in [0.5, 0.6) is 5.75 Å². The first kappa shape index (κ1) is 24.4. The Bertz CT molecular complexity index is 1120. The molecular weight excluding hydrogens is 440 g/mol. The predicted molar refractivity (Wildman–Crippen MR) is 128 cm³/mol. The van der Waals surface area contributed by atoms with Crippen molar-refractivity contribution in [2.24, 2.45) is 0 Å². The molecular formula is C25H28N2O5S. The second kappa shape index (κ2) is 10.1. The minimum atomic E-state index is -0.912. The van der Waals surface area contributed by atoms with Gasteiger partial charge in [0.15, 0.2) is 0 Å². The molecule has 174 valence electrons. The van der Waals surface area contributed by atoms with Crippen molar-refractivity contribution in [1.29, 1.82) is 0 Å². The van der Waals surface area contributed by atoms with Gasteiger partial charge >= 0.3 is 12.1 Å². The molecule has 1 aromatic heterocycles. The fourth-order valence-corrected chi connectivity index (χ4v) is 3.63. The zero-order valence-electron chi connectivity index (χ0n) is 19.4. The van der Waals surface area contributed by atoms with E-state index < -0.39 is 23.8 Å². The van der Waals surface area contributed by atoms with Gasteiger partial charge < -0.3 is 19.5 Å². The maximum atomic E-state index is 12.6. The van der Waals surface area contributed by atoms with Crippen molar-refractivity contribution in [3.8, 4) is 17.0 Å².